The molecule has 1 aliphatic heterocycles. The minimum atomic E-state index is -0.744. The molecule has 0 aliphatic carbocycles. The molecule has 4 N–H and O–H groups in total. The SMILES string of the molecule is Cn1cc(NC(=O)c2coc(-c3ccnc(NCC4CCCO4)c3)n2)c(C(N)=O)n1. The molecule has 1 aliphatic rings. The monoisotopic (exact) mass is 411 g/mol. The second-order valence-corrected chi connectivity index (χ2v) is 6.87. The number of oxazole rings is 1. The summed E-state index contributed by atoms with van der Waals surface area (Å²) in [5.41, 5.74) is 6.16. The van der Waals surface area contributed by atoms with E-state index in [0.29, 0.717) is 17.9 Å². The maximum atomic E-state index is 12.5. The number of nitrogens with one attached hydrogen (secondary N) is 2. The molecule has 0 saturated carbocycles. The Labute approximate surface area is 171 Å². The van der Waals surface area contributed by atoms with Crippen LogP contribution in [0.5, 0.6) is 0 Å². The van der Waals surface area contributed by atoms with Crippen LogP contribution in [0.25, 0.3) is 11.5 Å². The Morgan fingerprint density at radius 2 is 2.27 bits per heavy atom. The number of ether oxygens (including phenoxy) is 1. The van der Waals surface area contributed by atoms with Crippen molar-refractivity contribution in [1.29, 1.82) is 0 Å². The van der Waals surface area contributed by atoms with Gasteiger partial charge in [-0.2, -0.15) is 5.10 Å². The minimum absolute atomic E-state index is 0.0364. The van der Waals surface area contributed by atoms with Crippen molar-refractivity contribution in [2.45, 2.75) is 18.9 Å². The van der Waals surface area contributed by atoms with Crippen LogP contribution in [-0.4, -0.2) is 50.8 Å². The molecule has 11 heteroatoms. The number of hydrogen-bond acceptors (Lipinski definition) is 8. The van der Waals surface area contributed by atoms with Crippen LogP contribution < -0.4 is 16.4 Å². The average molecular weight is 411 g/mol. The average Bonchev–Trinajstić information content (AvgIpc) is 3.47. The maximum absolute atomic E-state index is 12.5. The van der Waals surface area contributed by atoms with Crippen LogP contribution >= 0.6 is 0 Å². The van der Waals surface area contributed by atoms with Crippen molar-refractivity contribution in [3.63, 3.8) is 0 Å². The highest BCUT2D eigenvalue weighted by molar-refractivity contribution is 6.07. The van der Waals surface area contributed by atoms with E-state index in [1.165, 1.54) is 17.1 Å². The van der Waals surface area contributed by atoms with E-state index in [0.717, 1.165) is 19.4 Å². The van der Waals surface area contributed by atoms with Gasteiger partial charge >= 0.3 is 0 Å². The highest BCUT2D eigenvalue weighted by Gasteiger charge is 2.19. The lowest BCUT2D eigenvalue weighted by Crippen LogP contribution is -2.18. The molecule has 4 rings (SSSR count). The number of anilines is 2. The largest absolute Gasteiger partial charge is 0.444 e. The third kappa shape index (κ3) is 4.30. The molecule has 0 aromatic carbocycles. The summed E-state index contributed by atoms with van der Waals surface area (Å²) in [4.78, 5) is 32.5. The highest BCUT2D eigenvalue weighted by Crippen LogP contribution is 2.22. The summed E-state index contributed by atoms with van der Waals surface area (Å²) in [5.74, 6) is -0.365. The zero-order chi connectivity index (χ0) is 21.1. The van der Waals surface area contributed by atoms with Crippen LogP contribution in [0.4, 0.5) is 11.5 Å². The van der Waals surface area contributed by atoms with Crippen molar-refractivity contribution in [3.05, 3.63) is 42.2 Å². The number of rotatable bonds is 7. The molecule has 30 heavy (non-hydrogen) atoms. The summed E-state index contributed by atoms with van der Waals surface area (Å²) in [6.45, 7) is 1.46. The third-order valence-electron chi connectivity index (χ3n) is 4.59. The zero-order valence-electron chi connectivity index (χ0n) is 16.3. The molecule has 3 aromatic heterocycles. The summed E-state index contributed by atoms with van der Waals surface area (Å²) >= 11 is 0. The molecular weight excluding hydrogens is 390 g/mol. The van der Waals surface area contributed by atoms with Gasteiger partial charge in [0.1, 0.15) is 12.1 Å². The van der Waals surface area contributed by atoms with Crippen LogP contribution in [0.15, 0.2) is 35.2 Å². The summed E-state index contributed by atoms with van der Waals surface area (Å²) in [5, 5.41) is 9.74. The Morgan fingerprint density at radius 3 is 3.03 bits per heavy atom. The second kappa shape index (κ2) is 8.33. The number of primary amides is 1. The Bertz CT molecular complexity index is 1070. The highest BCUT2D eigenvalue weighted by atomic mass is 16.5. The summed E-state index contributed by atoms with van der Waals surface area (Å²) in [6, 6.07) is 3.52. The predicted octanol–water partition coefficient (Wildman–Crippen LogP) is 1.41. The van der Waals surface area contributed by atoms with E-state index in [2.05, 4.69) is 25.7 Å². The van der Waals surface area contributed by atoms with Gasteiger partial charge in [0.15, 0.2) is 11.4 Å². The molecule has 1 unspecified atom stereocenters. The van der Waals surface area contributed by atoms with Crippen LogP contribution in [0, 0.1) is 0 Å². The van der Waals surface area contributed by atoms with Gasteiger partial charge in [-0.25, -0.2) is 9.97 Å². The van der Waals surface area contributed by atoms with Crippen molar-refractivity contribution < 1.29 is 18.7 Å². The first kappa shape index (κ1) is 19.6. The normalized spacial score (nSPS) is 15.8. The Balaban J connectivity index is 1.45. The second-order valence-electron chi connectivity index (χ2n) is 6.87. The molecule has 0 radical (unpaired) electrons. The summed E-state index contributed by atoms with van der Waals surface area (Å²) < 4.78 is 12.4. The quantitative estimate of drug-likeness (QED) is 0.528. The van der Waals surface area contributed by atoms with Crippen molar-refractivity contribution >= 4 is 23.3 Å². The van der Waals surface area contributed by atoms with Gasteiger partial charge in [0.2, 0.25) is 5.89 Å². The fourth-order valence-corrected chi connectivity index (χ4v) is 3.14. The fraction of sp³-hybridized carbons (Fsp3) is 0.316. The fourth-order valence-electron chi connectivity index (χ4n) is 3.14. The Hall–Kier alpha value is -3.73. The number of amides is 2. The number of aromatic nitrogens is 4. The van der Waals surface area contributed by atoms with Crippen LogP contribution in [0.3, 0.4) is 0 Å². The van der Waals surface area contributed by atoms with E-state index in [9.17, 15) is 9.59 Å². The molecule has 0 bridgehead atoms. The minimum Gasteiger partial charge on any atom is -0.444 e. The molecule has 3 aromatic rings. The Kier molecular flexibility index (Phi) is 5.44. The molecular formula is C19H21N7O4. The molecule has 11 nitrogen and oxygen atoms in total. The standard InChI is InChI=1S/C19H21N7O4/c1-26-9-13(16(25-26)17(20)27)23-18(28)14-10-30-19(24-14)11-4-5-21-15(7-11)22-8-12-3-2-6-29-12/h4-5,7,9-10,12H,2-3,6,8H2,1H3,(H2,20,27)(H,21,22)(H,23,28). The van der Waals surface area contributed by atoms with Gasteiger partial charge in [0.25, 0.3) is 11.8 Å². The zero-order valence-corrected chi connectivity index (χ0v) is 16.3. The van der Waals surface area contributed by atoms with Gasteiger partial charge < -0.3 is 25.5 Å². The summed E-state index contributed by atoms with van der Waals surface area (Å²) in [6.07, 6.45) is 6.63. The van der Waals surface area contributed by atoms with E-state index in [1.807, 2.05) is 0 Å². The molecule has 156 valence electrons. The molecule has 1 saturated heterocycles. The predicted molar refractivity (Wildman–Crippen MR) is 107 cm³/mol. The summed E-state index contributed by atoms with van der Waals surface area (Å²) in [7, 11) is 1.62. The van der Waals surface area contributed by atoms with E-state index >= 15 is 0 Å². The van der Waals surface area contributed by atoms with Gasteiger partial charge in [-0.15, -0.1) is 0 Å². The Morgan fingerprint density at radius 1 is 1.40 bits per heavy atom. The van der Waals surface area contributed by atoms with Crippen molar-refractivity contribution in [2.75, 3.05) is 23.8 Å². The smallest absolute Gasteiger partial charge is 0.277 e. The lowest BCUT2D eigenvalue weighted by molar-refractivity contribution is 0.0995. The van der Waals surface area contributed by atoms with Crippen LogP contribution in [0.2, 0.25) is 0 Å². The van der Waals surface area contributed by atoms with E-state index in [1.54, 1.807) is 25.4 Å². The number of hydrogen-bond donors (Lipinski definition) is 3. The van der Waals surface area contributed by atoms with Crippen molar-refractivity contribution in [2.24, 2.45) is 12.8 Å². The third-order valence-corrected chi connectivity index (χ3v) is 4.59. The molecule has 2 amide bonds. The molecule has 0 spiro atoms. The number of nitrogens with zero attached hydrogens (tertiary/aromatic N) is 4. The van der Waals surface area contributed by atoms with Gasteiger partial charge in [-0.05, 0) is 25.0 Å². The molecule has 1 atom stereocenters. The number of carbonyl (C=O) groups is 2. The van der Waals surface area contributed by atoms with E-state index < -0.39 is 11.8 Å². The first-order valence-corrected chi connectivity index (χ1v) is 9.42. The lowest BCUT2D eigenvalue weighted by atomic mass is 10.2. The van der Waals surface area contributed by atoms with E-state index in [-0.39, 0.29) is 29.1 Å². The number of aryl methyl sites for hydroxylation is 1. The van der Waals surface area contributed by atoms with Crippen LogP contribution in [-0.2, 0) is 11.8 Å². The topological polar surface area (TPSA) is 150 Å². The van der Waals surface area contributed by atoms with Gasteiger partial charge in [-0.3, -0.25) is 14.3 Å². The van der Waals surface area contributed by atoms with Gasteiger partial charge in [-0.1, -0.05) is 0 Å². The van der Waals surface area contributed by atoms with E-state index in [4.69, 9.17) is 14.9 Å². The first-order chi connectivity index (χ1) is 14.5. The van der Waals surface area contributed by atoms with Crippen molar-refractivity contribution in [3.8, 4) is 11.5 Å². The number of carbonyl (C=O) groups excluding carboxylic acids is 2. The maximum Gasteiger partial charge on any atom is 0.277 e. The first-order valence-electron chi connectivity index (χ1n) is 9.42. The van der Waals surface area contributed by atoms with Gasteiger partial charge in [0, 0.05) is 38.2 Å². The molecule has 4 heterocycles. The number of nitrogens with two attached hydrogens (primary N) is 1. The van der Waals surface area contributed by atoms with Gasteiger partial charge in [0.05, 0.1) is 11.8 Å². The van der Waals surface area contributed by atoms with Crippen LogP contribution in [0.1, 0.15) is 33.8 Å². The number of pyridine rings is 1. The molecule has 1 fully saturated rings. The van der Waals surface area contributed by atoms with Crippen molar-refractivity contribution in [1.82, 2.24) is 19.7 Å². The lowest BCUT2D eigenvalue weighted by Gasteiger charge is -2.11.